The van der Waals surface area contributed by atoms with E-state index in [2.05, 4.69) is 31.9 Å². The summed E-state index contributed by atoms with van der Waals surface area (Å²) in [5.74, 6) is 2.11. The molecule has 6 nitrogen and oxygen atoms in total. The van der Waals surface area contributed by atoms with Gasteiger partial charge in [0.25, 0.3) is 0 Å². The zero-order valence-corrected chi connectivity index (χ0v) is 20.1. The molecule has 0 heterocycles. The van der Waals surface area contributed by atoms with Crippen molar-refractivity contribution in [3.8, 4) is 29.1 Å². The molecule has 2 aromatic carbocycles. The predicted octanol–water partition coefficient (Wildman–Crippen LogP) is 4.79. The number of likely N-dealkylation sites (N-methyl/N-ethyl adjacent to an activating group) is 1. The normalized spacial score (nSPS) is 13.0. The van der Waals surface area contributed by atoms with Gasteiger partial charge >= 0.3 is 0 Å². The Hall–Kier alpha value is -2.91. The highest BCUT2D eigenvalue weighted by Gasteiger charge is 2.36. The van der Waals surface area contributed by atoms with Crippen molar-refractivity contribution in [2.45, 2.75) is 38.5 Å². The first-order valence-electron chi connectivity index (χ1n) is 11.0. The topological polar surface area (TPSA) is 75.0 Å². The zero-order valence-electron chi connectivity index (χ0n) is 20.1. The summed E-state index contributed by atoms with van der Waals surface area (Å²) in [4.78, 5) is 2.26. The lowest BCUT2D eigenvalue weighted by atomic mass is 9.69. The predicted molar refractivity (Wildman–Crippen MR) is 127 cm³/mol. The fraction of sp³-hybridized carbons (Fsp3) is 0.500. The highest BCUT2D eigenvalue weighted by Crippen LogP contribution is 2.40. The summed E-state index contributed by atoms with van der Waals surface area (Å²) in [6, 6.07) is 13.9. The lowest BCUT2D eigenvalue weighted by Gasteiger charge is -2.32. The molecule has 0 radical (unpaired) electrons. The van der Waals surface area contributed by atoms with Gasteiger partial charge in [-0.15, -0.1) is 0 Å². The summed E-state index contributed by atoms with van der Waals surface area (Å²) in [6.07, 6.45) is 2.48. The Morgan fingerprint density at radius 2 is 1.62 bits per heavy atom. The average Bonchev–Trinajstić information content (AvgIpc) is 2.80. The Morgan fingerprint density at radius 1 is 0.969 bits per heavy atom. The van der Waals surface area contributed by atoms with Crippen LogP contribution in [0.5, 0.6) is 23.0 Å². The van der Waals surface area contributed by atoms with Crippen molar-refractivity contribution in [2.24, 2.45) is 5.92 Å². The fourth-order valence-corrected chi connectivity index (χ4v) is 4.08. The van der Waals surface area contributed by atoms with Crippen molar-refractivity contribution < 1.29 is 19.3 Å². The Kier molecular flexibility index (Phi) is 9.22. The molecule has 0 saturated carbocycles. The monoisotopic (exact) mass is 440 g/mol. The molecular weight excluding hydrogens is 404 g/mol. The lowest BCUT2D eigenvalue weighted by molar-refractivity contribution is 0.292. The fourth-order valence-electron chi connectivity index (χ4n) is 4.08. The second-order valence-electron chi connectivity index (χ2n) is 8.47. The maximum atomic E-state index is 10.2. The Labute approximate surface area is 192 Å². The van der Waals surface area contributed by atoms with Crippen LogP contribution in [0.4, 0.5) is 0 Å². The van der Waals surface area contributed by atoms with Crippen LogP contribution in [0.3, 0.4) is 0 Å². The average molecular weight is 441 g/mol. The number of phenols is 1. The van der Waals surface area contributed by atoms with E-state index in [9.17, 15) is 10.4 Å². The molecule has 0 spiro atoms. The molecule has 0 aliphatic carbocycles. The molecule has 6 heteroatoms. The summed E-state index contributed by atoms with van der Waals surface area (Å²) < 4.78 is 15.9. The number of hydrogen-bond acceptors (Lipinski definition) is 6. The van der Waals surface area contributed by atoms with Crippen molar-refractivity contribution >= 4 is 0 Å². The number of methoxy groups -OCH3 is 3. The first kappa shape index (κ1) is 25.4. The minimum atomic E-state index is -0.595. The molecule has 32 heavy (non-hydrogen) atoms. The van der Waals surface area contributed by atoms with Crippen LogP contribution in [-0.4, -0.2) is 51.5 Å². The molecule has 1 unspecified atom stereocenters. The van der Waals surface area contributed by atoms with E-state index in [4.69, 9.17) is 14.2 Å². The zero-order chi connectivity index (χ0) is 23.7. The smallest absolute Gasteiger partial charge is 0.161 e. The number of aromatic hydroxyl groups is 1. The molecule has 0 amide bonds. The van der Waals surface area contributed by atoms with Crippen molar-refractivity contribution in [1.82, 2.24) is 4.90 Å². The third-order valence-corrected chi connectivity index (χ3v) is 6.22. The van der Waals surface area contributed by atoms with Crippen LogP contribution in [-0.2, 0) is 11.8 Å². The molecule has 1 atom stereocenters. The summed E-state index contributed by atoms with van der Waals surface area (Å²) in [5, 5.41) is 20.2. The standard InChI is InChI=1S/C26H36N2O4/c1-19(2)26(18-27,21-9-11-24(31-5)25(17-21)32-6)13-7-14-28(3)15-12-20-8-10-23(30-4)22(29)16-20/h8-11,16-17,19,29H,7,12-15H2,1-6H3. The van der Waals surface area contributed by atoms with Gasteiger partial charge in [-0.3, -0.25) is 0 Å². The number of ether oxygens (including phenoxy) is 3. The van der Waals surface area contributed by atoms with Crippen molar-refractivity contribution in [3.63, 3.8) is 0 Å². The van der Waals surface area contributed by atoms with Gasteiger partial charge in [0, 0.05) is 6.54 Å². The Bertz CT molecular complexity index is 923. The number of phenolic OH excluding ortho intramolecular Hbond substituents is 1. The maximum absolute atomic E-state index is 10.2. The number of benzene rings is 2. The van der Waals surface area contributed by atoms with E-state index < -0.39 is 5.41 Å². The van der Waals surface area contributed by atoms with E-state index in [1.807, 2.05) is 24.3 Å². The van der Waals surface area contributed by atoms with Crippen LogP contribution in [0.2, 0.25) is 0 Å². The van der Waals surface area contributed by atoms with Crippen molar-refractivity contribution in [2.75, 3.05) is 41.5 Å². The minimum Gasteiger partial charge on any atom is -0.504 e. The minimum absolute atomic E-state index is 0.151. The summed E-state index contributed by atoms with van der Waals surface area (Å²) in [5.41, 5.74) is 1.43. The van der Waals surface area contributed by atoms with E-state index >= 15 is 0 Å². The molecular formula is C26H36N2O4. The van der Waals surface area contributed by atoms with Gasteiger partial charge in [0.1, 0.15) is 0 Å². The maximum Gasteiger partial charge on any atom is 0.161 e. The molecule has 0 bridgehead atoms. The molecule has 0 aliphatic heterocycles. The van der Waals surface area contributed by atoms with Crippen LogP contribution in [0.15, 0.2) is 36.4 Å². The second-order valence-corrected chi connectivity index (χ2v) is 8.47. The molecule has 2 aromatic rings. The van der Waals surface area contributed by atoms with Gasteiger partial charge in [0.05, 0.1) is 32.8 Å². The van der Waals surface area contributed by atoms with Crippen molar-refractivity contribution in [3.05, 3.63) is 47.5 Å². The van der Waals surface area contributed by atoms with Gasteiger partial charge in [-0.25, -0.2) is 0 Å². The molecule has 2 rings (SSSR count). The molecule has 1 N–H and O–H groups in total. The van der Waals surface area contributed by atoms with Gasteiger partial charge in [0.2, 0.25) is 0 Å². The molecule has 0 aliphatic rings. The third-order valence-electron chi connectivity index (χ3n) is 6.22. The number of nitrogens with zero attached hydrogens (tertiary/aromatic N) is 2. The highest BCUT2D eigenvalue weighted by atomic mass is 16.5. The lowest BCUT2D eigenvalue weighted by Crippen LogP contribution is -2.32. The number of hydrogen-bond donors (Lipinski definition) is 1. The first-order valence-corrected chi connectivity index (χ1v) is 11.0. The SMILES string of the molecule is COc1ccc(CCN(C)CCCC(C#N)(c2ccc(OC)c(OC)c2)C(C)C)cc1O. The molecule has 0 saturated heterocycles. The summed E-state index contributed by atoms with van der Waals surface area (Å²) in [7, 11) is 6.86. The largest absolute Gasteiger partial charge is 0.504 e. The second kappa shape index (κ2) is 11.6. The van der Waals surface area contributed by atoms with Crippen molar-refractivity contribution in [1.29, 1.82) is 5.26 Å². The summed E-state index contributed by atoms with van der Waals surface area (Å²) >= 11 is 0. The van der Waals surface area contributed by atoms with E-state index in [0.717, 1.165) is 43.5 Å². The highest BCUT2D eigenvalue weighted by molar-refractivity contribution is 5.47. The van der Waals surface area contributed by atoms with E-state index in [1.54, 1.807) is 33.5 Å². The summed E-state index contributed by atoms with van der Waals surface area (Å²) in [6.45, 7) is 5.94. The number of nitriles is 1. The van der Waals surface area contributed by atoms with Crippen LogP contribution < -0.4 is 14.2 Å². The van der Waals surface area contributed by atoms with E-state index in [1.165, 1.54) is 0 Å². The van der Waals surface area contributed by atoms with Gasteiger partial charge in [0.15, 0.2) is 23.0 Å². The Balaban J connectivity index is 2.02. The quantitative estimate of drug-likeness (QED) is 0.511. The molecule has 0 aromatic heterocycles. The molecule has 0 fully saturated rings. The van der Waals surface area contributed by atoms with E-state index in [-0.39, 0.29) is 11.7 Å². The Morgan fingerprint density at radius 3 is 2.19 bits per heavy atom. The van der Waals surface area contributed by atoms with Gasteiger partial charge in [-0.1, -0.05) is 26.0 Å². The first-order chi connectivity index (χ1) is 15.3. The van der Waals surface area contributed by atoms with Crippen LogP contribution >= 0.6 is 0 Å². The van der Waals surface area contributed by atoms with Crippen LogP contribution in [0.25, 0.3) is 0 Å². The molecule has 174 valence electrons. The number of rotatable bonds is 12. The van der Waals surface area contributed by atoms with E-state index in [0.29, 0.717) is 17.2 Å². The van der Waals surface area contributed by atoms with Gasteiger partial charge < -0.3 is 24.2 Å². The van der Waals surface area contributed by atoms with Gasteiger partial charge in [-0.05, 0) is 74.2 Å². The van der Waals surface area contributed by atoms with Crippen LogP contribution in [0, 0.1) is 17.2 Å². The van der Waals surface area contributed by atoms with Gasteiger partial charge in [-0.2, -0.15) is 5.26 Å². The third kappa shape index (κ3) is 5.86. The van der Waals surface area contributed by atoms with Crippen LogP contribution in [0.1, 0.15) is 37.8 Å².